The van der Waals surface area contributed by atoms with Crippen LogP contribution in [0.2, 0.25) is 0 Å². The molecule has 0 aliphatic heterocycles. The Labute approximate surface area is 126 Å². The van der Waals surface area contributed by atoms with Crippen LogP contribution in [-0.4, -0.2) is 20.8 Å². The van der Waals surface area contributed by atoms with Crippen molar-refractivity contribution in [3.63, 3.8) is 0 Å². The van der Waals surface area contributed by atoms with Crippen LogP contribution < -0.4 is 4.74 Å². The molecule has 0 atom stereocenters. The zero-order chi connectivity index (χ0) is 15.1. The van der Waals surface area contributed by atoms with Crippen molar-refractivity contribution in [2.24, 2.45) is 5.41 Å². The average Bonchev–Trinajstić information content (AvgIpc) is 2.36. The quantitative estimate of drug-likeness (QED) is 0.640. The van der Waals surface area contributed by atoms with Gasteiger partial charge in [-0.25, -0.2) is 8.42 Å². The second-order valence-electron chi connectivity index (χ2n) is 5.28. The summed E-state index contributed by atoms with van der Waals surface area (Å²) in [6.45, 7) is 4.48. The van der Waals surface area contributed by atoms with E-state index in [0.717, 1.165) is 31.4 Å². The van der Waals surface area contributed by atoms with Crippen molar-refractivity contribution >= 4 is 19.7 Å². The predicted molar refractivity (Wildman–Crippen MR) is 83.8 cm³/mol. The van der Waals surface area contributed by atoms with E-state index in [1.807, 2.05) is 44.2 Å². The Morgan fingerprint density at radius 1 is 1.10 bits per heavy atom. The smallest absolute Gasteiger partial charge is 0.233 e. The second-order valence-corrected chi connectivity index (χ2v) is 8.06. The van der Waals surface area contributed by atoms with Gasteiger partial charge in [0.2, 0.25) is 9.05 Å². The van der Waals surface area contributed by atoms with Crippen molar-refractivity contribution in [2.45, 2.75) is 39.5 Å². The van der Waals surface area contributed by atoms with Gasteiger partial charge >= 0.3 is 0 Å². The number of rotatable bonds is 9. The minimum Gasteiger partial charge on any atom is -0.493 e. The zero-order valence-electron chi connectivity index (χ0n) is 12.1. The highest BCUT2D eigenvalue weighted by Gasteiger charge is 2.34. The van der Waals surface area contributed by atoms with Crippen molar-refractivity contribution in [2.75, 3.05) is 12.4 Å². The molecule has 0 bridgehead atoms. The van der Waals surface area contributed by atoms with Crippen LogP contribution >= 0.6 is 10.7 Å². The normalized spacial score (nSPS) is 12.3. The van der Waals surface area contributed by atoms with Crippen molar-refractivity contribution in [1.29, 1.82) is 0 Å². The lowest BCUT2D eigenvalue weighted by Gasteiger charge is -2.32. The number of ether oxygens (including phenoxy) is 1. The summed E-state index contributed by atoms with van der Waals surface area (Å²) in [5.41, 5.74) is -0.403. The van der Waals surface area contributed by atoms with Gasteiger partial charge in [0, 0.05) is 16.1 Å². The fourth-order valence-corrected chi connectivity index (χ4v) is 4.43. The van der Waals surface area contributed by atoms with E-state index in [2.05, 4.69) is 0 Å². The molecule has 0 radical (unpaired) electrons. The Bertz CT molecular complexity index is 479. The summed E-state index contributed by atoms with van der Waals surface area (Å²) in [7, 11) is 1.95. The van der Waals surface area contributed by atoms with Gasteiger partial charge in [-0.15, -0.1) is 0 Å². The molecular weight excluding hydrogens is 296 g/mol. The highest BCUT2D eigenvalue weighted by Crippen LogP contribution is 2.33. The SMILES string of the molecule is CCCC(CCC)(COc1ccccc1)CS(=O)(=O)Cl. The largest absolute Gasteiger partial charge is 0.493 e. The van der Waals surface area contributed by atoms with Crippen molar-refractivity contribution in [3.05, 3.63) is 30.3 Å². The molecule has 0 N–H and O–H groups in total. The molecule has 114 valence electrons. The van der Waals surface area contributed by atoms with Crippen LogP contribution in [0.1, 0.15) is 39.5 Å². The third kappa shape index (κ3) is 6.14. The Morgan fingerprint density at radius 2 is 1.65 bits per heavy atom. The number of para-hydroxylation sites is 1. The van der Waals surface area contributed by atoms with Crippen LogP contribution in [0, 0.1) is 5.41 Å². The molecule has 0 fully saturated rings. The monoisotopic (exact) mass is 318 g/mol. The van der Waals surface area contributed by atoms with Crippen LogP contribution in [0.4, 0.5) is 0 Å². The van der Waals surface area contributed by atoms with Crippen molar-refractivity contribution < 1.29 is 13.2 Å². The van der Waals surface area contributed by atoms with Crippen LogP contribution in [0.3, 0.4) is 0 Å². The molecule has 1 aromatic carbocycles. The van der Waals surface area contributed by atoms with Gasteiger partial charge < -0.3 is 4.74 Å². The van der Waals surface area contributed by atoms with E-state index in [4.69, 9.17) is 15.4 Å². The summed E-state index contributed by atoms with van der Waals surface area (Å²) < 4.78 is 28.8. The van der Waals surface area contributed by atoms with Crippen molar-refractivity contribution in [1.82, 2.24) is 0 Å². The van der Waals surface area contributed by atoms with Gasteiger partial charge in [-0.3, -0.25) is 0 Å². The van der Waals surface area contributed by atoms with E-state index in [9.17, 15) is 8.42 Å². The molecule has 20 heavy (non-hydrogen) atoms. The van der Waals surface area contributed by atoms with Gasteiger partial charge in [0.15, 0.2) is 0 Å². The Morgan fingerprint density at radius 3 is 2.10 bits per heavy atom. The Hall–Kier alpha value is -0.740. The van der Waals surface area contributed by atoms with E-state index in [0.29, 0.717) is 6.61 Å². The predicted octanol–water partition coefficient (Wildman–Crippen LogP) is 4.22. The second kappa shape index (κ2) is 7.89. The molecule has 5 heteroatoms. The van der Waals surface area contributed by atoms with E-state index in [1.54, 1.807) is 0 Å². The standard InChI is InChI=1S/C15H23ClO3S/c1-3-10-15(11-4-2,13-20(16,17)18)12-19-14-8-6-5-7-9-14/h5-9H,3-4,10-13H2,1-2H3. The first-order valence-corrected chi connectivity index (χ1v) is 9.49. The fourth-order valence-electron chi connectivity index (χ4n) is 2.63. The highest BCUT2D eigenvalue weighted by molar-refractivity contribution is 8.13. The molecule has 0 saturated carbocycles. The van der Waals surface area contributed by atoms with Gasteiger partial charge in [0.05, 0.1) is 12.4 Å². The molecule has 0 amide bonds. The van der Waals surface area contributed by atoms with E-state index in [-0.39, 0.29) is 5.75 Å². The van der Waals surface area contributed by atoms with Gasteiger partial charge in [-0.05, 0) is 25.0 Å². The van der Waals surface area contributed by atoms with Crippen LogP contribution in [0.5, 0.6) is 5.75 Å². The van der Waals surface area contributed by atoms with Gasteiger partial charge in [-0.1, -0.05) is 44.9 Å². The molecule has 1 rings (SSSR count). The van der Waals surface area contributed by atoms with E-state index in [1.165, 1.54) is 0 Å². The van der Waals surface area contributed by atoms with Crippen LogP contribution in [-0.2, 0) is 9.05 Å². The molecule has 3 nitrogen and oxygen atoms in total. The lowest BCUT2D eigenvalue weighted by Crippen LogP contribution is -2.35. The molecule has 0 heterocycles. The summed E-state index contributed by atoms with van der Waals surface area (Å²) in [5.74, 6) is 0.729. The summed E-state index contributed by atoms with van der Waals surface area (Å²) in [6.07, 6.45) is 3.40. The number of benzene rings is 1. The van der Waals surface area contributed by atoms with Crippen LogP contribution in [0.15, 0.2) is 30.3 Å². The van der Waals surface area contributed by atoms with E-state index < -0.39 is 14.5 Å². The van der Waals surface area contributed by atoms with E-state index >= 15 is 0 Å². The highest BCUT2D eigenvalue weighted by atomic mass is 35.7. The Balaban J connectivity index is 2.84. The topological polar surface area (TPSA) is 43.4 Å². The number of halogens is 1. The maximum atomic E-state index is 11.5. The summed E-state index contributed by atoms with van der Waals surface area (Å²) in [5, 5.41) is 0. The van der Waals surface area contributed by atoms with Crippen molar-refractivity contribution in [3.8, 4) is 5.75 Å². The molecule has 0 unspecified atom stereocenters. The Kier molecular flexibility index (Phi) is 6.83. The zero-order valence-corrected chi connectivity index (χ0v) is 13.7. The summed E-state index contributed by atoms with van der Waals surface area (Å²) in [4.78, 5) is 0. The summed E-state index contributed by atoms with van der Waals surface area (Å²) >= 11 is 0. The fraction of sp³-hybridized carbons (Fsp3) is 0.600. The third-order valence-corrected chi connectivity index (χ3v) is 4.61. The van der Waals surface area contributed by atoms with Crippen LogP contribution in [0.25, 0.3) is 0 Å². The molecule has 0 aliphatic carbocycles. The lowest BCUT2D eigenvalue weighted by atomic mass is 9.82. The minimum atomic E-state index is -3.54. The maximum absolute atomic E-state index is 11.5. The lowest BCUT2D eigenvalue weighted by molar-refractivity contribution is 0.141. The third-order valence-electron chi connectivity index (χ3n) is 3.33. The molecule has 0 saturated heterocycles. The minimum absolute atomic E-state index is 0.0317. The molecule has 0 aromatic heterocycles. The first kappa shape index (κ1) is 17.3. The van der Waals surface area contributed by atoms with Gasteiger partial charge in [-0.2, -0.15) is 0 Å². The molecule has 1 aromatic rings. The molecular formula is C15H23ClO3S. The number of hydrogen-bond acceptors (Lipinski definition) is 3. The number of hydrogen-bond donors (Lipinski definition) is 0. The molecule has 0 aliphatic rings. The maximum Gasteiger partial charge on any atom is 0.233 e. The van der Waals surface area contributed by atoms with Gasteiger partial charge in [0.25, 0.3) is 0 Å². The first-order chi connectivity index (χ1) is 9.41. The average molecular weight is 319 g/mol. The summed E-state index contributed by atoms with van der Waals surface area (Å²) in [6, 6.07) is 9.46. The van der Waals surface area contributed by atoms with Gasteiger partial charge in [0.1, 0.15) is 5.75 Å². The first-order valence-electron chi connectivity index (χ1n) is 7.01. The molecule has 0 spiro atoms.